The van der Waals surface area contributed by atoms with Gasteiger partial charge in [0.05, 0.1) is 5.69 Å². The first-order valence-corrected chi connectivity index (χ1v) is 8.25. The Morgan fingerprint density at radius 1 is 0.846 bits per heavy atom. The molecule has 0 amide bonds. The topological polar surface area (TPSA) is 49.8 Å². The molecule has 1 aromatic heterocycles. The Balaban J connectivity index is 2.01. The normalized spacial score (nSPS) is 11.3. The lowest BCUT2D eigenvalue weighted by molar-refractivity contribution is 0.586. The Morgan fingerprint density at radius 3 is 2.19 bits per heavy atom. The number of benzene rings is 2. The first kappa shape index (κ1) is 17.8. The highest BCUT2D eigenvalue weighted by Gasteiger charge is 2.14. The molecule has 6 heteroatoms. The van der Waals surface area contributed by atoms with Crippen LogP contribution in [0.2, 0.25) is 0 Å². The lowest BCUT2D eigenvalue weighted by atomic mass is 10.1. The lowest BCUT2D eigenvalue weighted by Gasteiger charge is -2.22. The van der Waals surface area contributed by atoms with Crippen molar-refractivity contribution >= 4 is 17.3 Å². The van der Waals surface area contributed by atoms with Crippen molar-refractivity contribution in [3.05, 3.63) is 66.2 Å². The molecule has 26 heavy (non-hydrogen) atoms. The zero-order valence-corrected chi connectivity index (χ0v) is 14.8. The number of hydrogen-bond donors (Lipinski definition) is 2. The highest BCUT2D eigenvalue weighted by atomic mass is 19.1. The van der Waals surface area contributed by atoms with Gasteiger partial charge >= 0.3 is 0 Å². The molecule has 1 heterocycles. The summed E-state index contributed by atoms with van der Waals surface area (Å²) in [6, 6.07) is 14.6. The summed E-state index contributed by atoms with van der Waals surface area (Å²) in [5, 5.41) is 6.20. The van der Waals surface area contributed by atoms with Crippen LogP contribution in [-0.2, 0) is 0 Å². The van der Waals surface area contributed by atoms with Gasteiger partial charge in [-0.25, -0.2) is 18.7 Å². The van der Waals surface area contributed by atoms with Crippen molar-refractivity contribution in [1.82, 2.24) is 9.97 Å². The van der Waals surface area contributed by atoms with E-state index in [1.165, 1.54) is 12.1 Å². The van der Waals surface area contributed by atoms with E-state index in [4.69, 9.17) is 0 Å². The molecular weight excluding hydrogens is 334 g/mol. The predicted molar refractivity (Wildman–Crippen MR) is 100 cm³/mol. The van der Waals surface area contributed by atoms with Crippen LogP contribution in [0.15, 0.2) is 54.6 Å². The van der Waals surface area contributed by atoms with Crippen molar-refractivity contribution < 1.29 is 8.78 Å². The molecule has 0 unspecified atom stereocenters. The highest BCUT2D eigenvalue weighted by Crippen LogP contribution is 2.25. The maximum Gasteiger partial charge on any atom is 0.163 e. The second-order valence-electron chi connectivity index (χ2n) is 6.95. The summed E-state index contributed by atoms with van der Waals surface area (Å²) in [5.74, 6) is 0.211. The van der Waals surface area contributed by atoms with Gasteiger partial charge in [-0.3, -0.25) is 0 Å². The molecule has 134 valence electrons. The molecule has 2 N–H and O–H groups in total. The monoisotopic (exact) mass is 354 g/mol. The minimum atomic E-state index is -0.685. The molecule has 0 aliphatic carbocycles. The van der Waals surface area contributed by atoms with E-state index < -0.39 is 11.6 Å². The predicted octanol–water partition coefficient (Wildman–Crippen LogP) is 5.38. The number of halogens is 2. The van der Waals surface area contributed by atoms with Crippen LogP contribution in [0.25, 0.3) is 11.4 Å². The number of anilines is 3. The molecule has 2 aromatic carbocycles. The number of rotatable bonds is 4. The summed E-state index contributed by atoms with van der Waals surface area (Å²) in [4.78, 5) is 9.02. The summed E-state index contributed by atoms with van der Waals surface area (Å²) in [6.45, 7) is 6.05. The average molecular weight is 354 g/mol. The molecule has 4 nitrogen and oxygen atoms in total. The van der Waals surface area contributed by atoms with E-state index in [1.54, 1.807) is 6.07 Å². The van der Waals surface area contributed by atoms with E-state index >= 15 is 0 Å². The molecule has 0 saturated heterocycles. The van der Waals surface area contributed by atoms with E-state index in [2.05, 4.69) is 20.6 Å². The van der Waals surface area contributed by atoms with Gasteiger partial charge in [0.25, 0.3) is 0 Å². The van der Waals surface area contributed by atoms with Crippen LogP contribution in [-0.4, -0.2) is 15.5 Å². The van der Waals surface area contributed by atoms with Crippen molar-refractivity contribution in [2.75, 3.05) is 10.6 Å². The van der Waals surface area contributed by atoms with E-state index in [0.29, 0.717) is 17.5 Å². The first-order valence-electron chi connectivity index (χ1n) is 8.25. The van der Waals surface area contributed by atoms with Crippen LogP contribution in [0.5, 0.6) is 0 Å². The summed E-state index contributed by atoms with van der Waals surface area (Å²) in [7, 11) is 0. The maximum atomic E-state index is 14.0. The molecule has 0 spiro atoms. The molecule has 3 aromatic rings. The van der Waals surface area contributed by atoms with Gasteiger partial charge in [-0.05, 0) is 32.9 Å². The Bertz CT molecular complexity index is 905. The zero-order valence-electron chi connectivity index (χ0n) is 14.8. The molecule has 0 fully saturated rings. The quantitative estimate of drug-likeness (QED) is 0.661. The lowest BCUT2D eigenvalue weighted by Crippen LogP contribution is -2.26. The minimum Gasteiger partial charge on any atom is -0.365 e. The van der Waals surface area contributed by atoms with Crippen LogP contribution in [0.4, 0.5) is 26.1 Å². The minimum absolute atomic E-state index is 0.144. The van der Waals surface area contributed by atoms with E-state index in [9.17, 15) is 8.78 Å². The van der Waals surface area contributed by atoms with Gasteiger partial charge in [-0.1, -0.05) is 30.3 Å². The second kappa shape index (κ2) is 7.07. The second-order valence-corrected chi connectivity index (χ2v) is 6.95. The number of nitrogens with one attached hydrogen (secondary N) is 2. The third-order valence-electron chi connectivity index (χ3n) is 3.46. The van der Waals surface area contributed by atoms with Crippen molar-refractivity contribution in [3.8, 4) is 11.4 Å². The molecule has 0 atom stereocenters. The fraction of sp³-hybridized carbons (Fsp3) is 0.200. The molecule has 0 saturated carbocycles. The van der Waals surface area contributed by atoms with Gasteiger partial charge in [-0.2, -0.15) is 0 Å². The average Bonchev–Trinajstić information content (AvgIpc) is 2.56. The summed E-state index contributed by atoms with van der Waals surface area (Å²) < 4.78 is 27.1. The molecule has 0 aliphatic heterocycles. The summed E-state index contributed by atoms with van der Waals surface area (Å²) in [5.41, 5.74) is 0.777. The molecule has 0 aliphatic rings. The highest BCUT2D eigenvalue weighted by molar-refractivity contribution is 5.65. The van der Waals surface area contributed by atoms with Gasteiger partial charge in [0.2, 0.25) is 0 Å². The van der Waals surface area contributed by atoms with Crippen molar-refractivity contribution in [1.29, 1.82) is 0 Å². The number of hydrogen-bond acceptors (Lipinski definition) is 4. The van der Waals surface area contributed by atoms with Crippen LogP contribution in [0, 0.1) is 11.6 Å². The van der Waals surface area contributed by atoms with Gasteiger partial charge in [0.1, 0.15) is 23.3 Å². The van der Waals surface area contributed by atoms with Crippen LogP contribution in [0.3, 0.4) is 0 Å². The summed E-state index contributed by atoms with van der Waals surface area (Å²) >= 11 is 0. The Morgan fingerprint density at radius 2 is 1.54 bits per heavy atom. The smallest absolute Gasteiger partial charge is 0.163 e. The van der Waals surface area contributed by atoms with E-state index in [0.717, 1.165) is 11.6 Å². The standard InChI is InChI=1S/C20H20F2N4/c1-20(2,3)26-18-12-17(23-16-10-9-14(21)11-15(16)22)24-19(25-18)13-7-5-4-6-8-13/h4-12H,1-3H3,(H2,23,24,25,26). The Kier molecular flexibility index (Phi) is 4.84. The molecule has 3 rings (SSSR count). The largest absolute Gasteiger partial charge is 0.365 e. The molecule has 0 radical (unpaired) electrons. The fourth-order valence-electron chi connectivity index (χ4n) is 2.40. The van der Waals surface area contributed by atoms with Crippen molar-refractivity contribution in [2.24, 2.45) is 0 Å². The van der Waals surface area contributed by atoms with Crippen molar-refractivity contribution in [3.63, 3.8) is 0 Å². The Hall–Kier alpha value is -3.02. The third kappa shape index (κ3) is 4.53. The Labute approximate surface area is 151 Å². The van der Waals surface area contributed by atoms with Crippen molar-refractivity contribution in [2.45, 2.75) is 26.3 Å². The van der Waals surface area contributed by atoms with Crippen LogP contribution >= 0.6 is 0 Å². The van der Waals surface area contributed by atoms with Crippen LogP contribution in [0.1, 0.15) is 20.8 Å². The van der Waals surface area contributed by atoms with Crippen LogP contribution < -0.4 is 10.6 Å². The fourth-order valence-corrected chi connectivity index (χ4v) is 2.40. The van der Waals surface area contributed by atoms with Gasteiger partial charge < -0.3 is 10.6 Å². The summed E-state index contributed by atoms with van der Waals surface area (Å²) in [6.07, 6.45) is 0. The molecular formula is C20H20F2N4. The number of nitrogens with zero attached hydrogens (tertiary/aromatic N) is 2. The third-order valence-corrected chi connectivity index (χ3v) is 3.46. The first-order chi connectivity index (χ1) is 12.3. The van der Waals surface area contributed by atoms with Gasteiger partial charge in [-0.15, -0.1) is 0 Å². The van der Waals surface area contributed by atoms with E-state index in [1.807, 2.05) is 51.1 Å². The van der Waals surface area contributed by atoms with E-state index in [-0.39, 0.29) is 11.2 Å². The zero-order chi connectivity index (χ0) is 18.7. The molecule has 0 bridgehead atoms. The number of aromatic nitrogens is 2. The van der Waals surface area contributed by atoms with Gasteiger partial charge in [0.15, 0.2) is 5.82 Å². The van der Waals surface area contributed by atoms with Gasteiger partial charge in [0, 0.05) is 23.2 Å². The SMILES string of the molecule is CC(C)(C)Nc1cc(Nc2ccc(F)cc2F)nc(-c2ccccc2)n1. The maximum absolute atomic E-state index is 14.0.